The van der Waals surface area contributed by atoms with E-state index in [0.717, 1.165) is 29.1 Å². The fraction of sp³-hybridized carbons (Fsp3) is 0.484. The molecule has 9 nitrogen and oxygen atoms in total. The van der Waals surface area contributed by atoms with Crippen LogP contribution in [0.2, 0.25) is 10.0 Å². The Balaban J connectivity index is 1.53. The number of benzene rings is 2. The summed E-state index contributed by atoms with van der Waals surface area (Å²) in [6.07, 6.45) is 2.93. The molecular formula is C31H41Cl2N7O2S. The van der Waals surface area contributed by atoms with Gasteiger partial charge in [-0.25, -0.2) is 0 Å². The Morgan fingerprint density at radius 3 is 2.33 bits per heavy atom. The Morgan fingerprint density at radius 2 is 1.67 bits per heavy atom. The molecule has 0 saturated carbocycles. The molecule has 12 heteroatoms. The molecule has 1 aromatic heterocycles. The third-order valence-corrected chi connectivity index (χ3v) is 8.98. The SMILES string of the molecule is CC(C)C[C@@H]1CN(C(=O)[C@H](N)Cc2ccc(Cl)cc2Cl)[C@@H](CCCNc2nncs2)CN1C(=O)[C@@H](N)Cc1ccccc1. The van der Waals surface area contributed by atoms with E-state index in [0.29, 0.717) is 48.4 Å². The second kappa shape index (κ2) is 15.8. The summed E-state index contributed by atoms with van der Waals surface area (Å²) in [5.74, 6) is 0.0789. The average Bonchev–Trinajstić information content (AvgIpc) is 3.50. The fourth-order valence-corrected chi connectivity index (χ4v) is 6.62. The Hall–Kier alpha value is -2.76. The molecule has 0 radical (unpaired) electrons. The number of carbonyl (C=O) groups excluding carboxylic acids is 2. The van der Waals surface area contributed by atoms with Crippen LogP contribution >= 0.6 is 34.5 Å². The number of anilines is 1. The maximum Gasteiger partial charge on any atom is 0.240 e. The van der Waals surface area contributed by atoms with Gasteiger partial charge in [0.15, 0.2) is 0 Å². The molecule has 1 fully saturated rings. The number of nitrogens with two attached hydrogens (primary N) is 2. The molecule has 43 heavy (non-hydrogen) atoms. The zero-order chi connectivity index (χ0) is 30.9. The van der Waals surface area contributed by atoms with Crippen molar-refractivity contribution in [2.24, 2.45) is 17.4 Å². The normalized spacial score (nSPS) is 18.5. The predicted molar refractivity (Wildman–Crippen MR) is 174 cm³/mol. The number of aromatic nitrogens is 2. The third-order valence-electron chi connectivity index (χ3n) is 7.74. The van der Waals surface area contributed by atoms with Crippen molar-refractivity contribution in [1.82, 2.24) is 20.0 Å². The number of carbonyl (C=O) groups is 2. The molecule has 4 atom stereocenters. The summed E-state index contributed by atoms with van der Waals surface area (Å²) in [5, 5.41) is 12.9. The minimum Gasteiger partial charge on any atom is -0.360 e. The molecule has 0 aliphatic carbocycles. The van der Waals surface area contributed by atoms with Gasteiger partial charge in [0.1, 0.15) is 5.51 Å². The summed E-state index contributed by atoms with van der Waals surface area (Å²) in [7, 11) is 0. The number of nitrogens with one attached hydrogen (secondary N) is 1. The van der Waals surface area contributed by atoms with Crippen LogP contribution in [-0.2, 0) is 22.4 Å². The molecule has 2 aromatic carbocycles. The molecule has 1 aliphatic heterocycles. The Labute approximate surface area is 267 Å². The zero-order valence-corrected chi connectivity index (χ0v) is 27.0. The van der Waals surface area contributed by atoms with Crippen LogP contribution in [0.4, 0.5) is 5.13 Å². The van der Waals surface area contributed by atoms with Gasteiger partial charge in [-0.05, 0) is 61.3 Å². The van der Waals surface area contributed by atoms with Gasteiger partial charge in [-0.3, -0.25) is 9.59 Å². The van der Waals surface area contributed by atoms with Crippen LogP contribution in [0.25, 0.3) is 0 Å². The van der Waals surface area contributed by atoms with Crippen LogP contribution < -0.4 is 16.8 Å². The molecule has 4 rings (SSSR count). The zero-order valence-electron chi connectivity index (χ0n) is 24.7. The molecule has 0 spiro atoms. The van der Waals surface area contributed by atoms with Crippen LogP contribution in [0.3, 0.4) is 0 Å². The highest BCUT2D eigenvalue weighted by molar-refractivity contribution is 7.13. The molecule has 0 unspecified atom stereocenters. The number of hydrogen-bond donors (Lipinski definition) is 3. The van der Waals surface area contributed by atoms with Crippen LogP contribution in [0.15, 0.2) is 54.0 Å². The summed E-state index contributed by atoms with van der Waals surface area (Å²) >= 11 is 13.9. The van der Waals surface area contributed by atoms with Crippen molar-refractivity contribution in [3.8, 4) is 0 Å². The van der Waals surface area contributed by atoms with E-state index in [4.69, 9.17) is 34.7 Å². The van der Waals surface area contributed by atoms with E-state index < -0.39 is 12.1 Å². The van der Waals surface area contributed by atoms with Crippen molar-refractivity contribution in [3.63, 3.8) is 0 Å². The maximum atomic E-state index is 14.0. The first kappa shape index (κ1) is 33.1. The van der Waals surface area contributed by atoms with Gasteiger partial charge >= 0.3 is 0 Å². The first-order valence-corrected chi connectivity index (χ1v) is 16.4. The first-order chi connectivity index (χ1) is 20.6. The second-order valence-electron chi connectivity index (χ2n) is 11.6. The summed E-state index contributed by atoms with van der Waals surface area (Å²) in [4.78, 5) is 31.6. The maximum absolute atomic E-state index is 14.0. The van der Waals surface area contributed by atoms with Crippen molar-refractivity contribution in [2.45, 2.75) is 70.1 Å². The van der Waals surface area contributed by atoms with Crippen molar-refractivity contribution in [2.75, 3.05) is 25.0 Å². The van der Waals surface area contributed by atoms with Crippen LogP contribution in [0.5, 0.6) is 0 Å². The number of halogens is 2. The standard InChI is InChI=1S/C31H41Cl2N7O2S/c1-20(2)13-25-18-39(30(42)28(35)15-22-10-11-23(32)16-26(22)33)24(9-6-12-36-31-38-37-19-43-31)17-40(25)29(41)27(34)14-21-7-4-3-5-8-21/h3-5,7-8,10-11,16,19-20,24-25,27-28H,6,9,12-15,17-18,34-35H2,1-2H3,(H,36,38)/t24-,25+,27-,28+/m0/s1. The van der Waals surface area contributed by atoms with Crippen molar-refractivity contribution in [1.29, 1.82) is 0 Å². The smallest absolute Gasteiger partial charge is 0.240 e. The van der Waals surface area contributed by atoms with E-state index in [1.54, 1.807) is 23.7 Å². The molecule has 1 saturated heterocycles. The van der Waals surface area contributed by atoms with Crippen molar-refractivity contribution >= 4 is 51.5 Å². The number of rotatable bonds is 13. The second-order valence-corrected chi connectivity index (χ2v) is 13.3. The topological polar surface area (TPSA) is 130 Å². The van der Waals surface area contributed by atoms with E-state index in [2.05, 4.69) is 29.4 Å². The summed E-state index contributed by atoms with van der Waals surface area (Å²) in [6, 6.07) is 13.2. The van der Waals surface area contributed by atoms with Gasteiger partial charge < -0.3 is 26.6 Å². The largest absolute Gasteiger partial charge is 0.360 e. The summed E-state index contributed by atoms with van der Waals surface area (Å²) in [5.41, 5.74) is 16.5. The van der Waals surface area contributed by atoms with Gasteiger partial charge in [0.25, 0.3) is 0 Å². The fourth-order valence-electron chi connectivity index (χ4n) is 5.66. The predicted octanol–water partition coefficient (Wildman–Crippen LogP) is 4.63. The molecular weight excluding hydrogens is 605 g/mol. The molecule has 0 bridgehead atoms. The van der Waals surface area contributed by atoms with E-state index in [-0.39, 0.29) is 30.3 Å². The summed E-state index contributed by atoms with van der Waals surface area (Å²) in [6.45, 7) is 5.71. The highest BCUT2D eigenvalue weighted by Gasteiger charge is 2.41. The molecule has 1 aliphatic rings. The lowest BCUT2D eigenvalue weighted by Crippen LogP contribution is -2.65. The Morgan fingerprint density at radius 1 is 1.00 bits per heavy atom. The van der Waals surface area contributed by atoms with Gasteiger partial charge in [-0.2, -0.15) is 0 Å². The number of piperazine rings is 1. The van der Waals surface area contributed by atoms with E-state index in [1.165, 1.54) is 11.3 Å². The lowest BCUT2D eigenvalue weighted by atomic mass is 9.93. The molecule has 5 N–H and O–H groups in total. The highest BCUT2D eigenvalue weighted by Crippen LogP contribution is 2.27. The molecule has 2 heterocycles. The number of nitrogens with zero attached hydrogens (tertiary/aromatic N) is 4. The van der Waals surface area contributed by atoms with Gasteiger partial charge in [-0.15, -0.1) is 10.2 Å². The van der Waals surface area contributed by atoms with Crippen LogP contribution in [0.1, 0.15) is 44.2 Å². The van der Waals surface area contributed by atoms with Crippen molar-refractivity contribution < 1.29 is 9.59 Å². The van der Waals surface area contributed by atoms with Gasteiger partial charge in [0, 0.05) is 41.8 Å². The lowest BCUT2D eigenvalue weighted by Gasteiger charge is -2.48. The quantitative estimate of drug-likeness (QED) is 0.231. The highest BCUT2D eigenvalue weighted by atomic mass is 35.5. The number of amides is 2. The van der Waals surface area contributed by atoms with Crippen LogP contribution in [-0.4, -0.2) is 75.6 Å². The van der Waals surface area contributed by atoms with Gasteiger partial charge in [-0.1, -0.05) is 84.8 Å². The monoisotopic (exact) mass is 645 g/mol. The van der Waals surface area contributed by atoms with E-state index >= 15 is 0 Å². The molecule has 2 amide bonds. The Bertz CT molecular complexity index is 1330. The number of hydrogen-bond acceptors (Lipinski definition) is 8. The minimum atomic E-state index is -0.789. The lowest BCUT2D eigenvalue weighted by molar-refractivity contribution is -0.149. The van der Waals surface area contributed by atoms with Gasteiger partial charge in [0.05, 0.1) is 12.1 Å². The molecule has 232 valence electrons. The van der Waals surface area contributed by atoms with E-state index in [1.807, 2.05) is 40.1 Å². The molecule has 3 aromatic rings. The van der Waals surface area contributed by atoms with Crippen molar-refractivity contribution in [3.05, 3.63) is 75.2 Å². The van der Waals surface area contributed by atoms with Gasteiger partial charge in [0.2, 0.25) is 16.9 Å². The Kier molecular flexibility index (Phi) is 12.2. The minimum absolute atomic E-state index is 0.0872. The third kappa shape index (κ3) is 9.36. The average molecular weight is 647 g/mol. The van der Waals surface area contributed by atoms with Crippen LogP contribution in [0, 0.1) is 5.92 Å². The first-order valence-electron chi connectivity index (χ1n) is 14.7. The summed E-state index contributed by atoms with van der Waals surface area (Å²) < 4.78 is 0. The van der Waals surface area contributed by atoms with E-state index in [9.17, 15) is 9.59 Å².